The number of carbonyl (C=O) groups excluding carboxylic acids is 1. The predicted molar refractivity (Wildman–Crippen MR) is 66.9 cm³/mol. The lowest BCUT2D eigenvalue weighted by atomic mass is 10.2. The van der Waals surface area contributed by atoms with Crippen molar-refractivity contribution in [3.05, 3.63) is 29.8 Å². The monoisotopic (exact) mass is 257 g/mol. The van der Waals surface area contributed by atoms with E-state index >= 15 is 0 Å². The second-order valence-electron chi connectivity index (χ2n) is 3.29. The first kappa shape index (κ1) is 13.8. The van der Waals surface area contributed by atoms with Crippen molar-refractivity contribution < 1.29 is 14.3 Å². The quantitative estimate of drug-likeness (QED) is 0.597. The molecule has 0 atom stereocenters. The van der Waals surface area contributed by atoms with Gasteiger partial charge in [0.2, 0.25) is 0 Å². The van der Waals surface area contributed by atoms with Gasteiger partial charge in [-0.15, -0.1) is 11.6 Å². The third-order valence-electron chi connectivity index (χ3n) is 2.09. The molecule has 5 heteroatoms. The highest BCUT2D eigenvalue weighted by Gasteiger charge is 2.05. The first-order valence-corrected chi connectivity index (χ1v) is 5.87. The number of ether oxygens (including phenoxy) is 2. The number of carbonyl (C=O) groups is 1. The van der Waals surface area contributed by atoms with E-state index in [0.717, 1.165) is 0 Å². The Balaban J connectivity index is 2.36. The third-order valence-corrected chi connectivity index (χ3v) is 2.24. The summed E-state index contributed by atoms with van der Waals surface area (Å²) in [7, 11) is 1.57. The van der Waals surface area contributed by atoms with E-state index in [2.05, 4.69) is 5.32 Å². The van der Waals surface area contributed by atoms with Crippen LogP contribution >= 0.6 is 11.6 Å². The number of amides is 1. The molecule has 0 aliphatic carbocycles. The molecule has 0 bridgehead atoms. The molecule has 0 unspecified atom stereocenters. The molecule has 0 saturated carbocycles. The number of alkyl halides is 1. The molecule has 17 heavy (non-hydrogen) atoms. The number of hydrogen-bond acceptors (Lipinski definition) is 3. The second kappa shape index (κ2) is 7.92. The van der Waals surface area contributed by atoms with Crippen LogP contribution in [0.15, 0.2) is 24.3 Å². The maximum atomic E-state index is 11.7. The zero-order valence-corrected chi connectivity index (χ0v) is 10.5. The third kappa shape index (κ3) is 5.06. The first-order chi connectivity index (χ1) is 8.27. The van der Waals surface area contributed by atoms with Crippen molar-refractivity contribution in [2.45, 2.75) is 0 Å². The van der Waals surface area contributed by atoms with Gasteiger partial charge >= 0.3 is 0 Å². The van der Waals surface area contributed by atoms with Crippen LogP contribution in [0.5, 0.6) is 5.75 Å². The Morgan fingerprint density at radius 2 is 2.24 bits per heavy atom. The van der Waals surface area contributed by atoms with Crippen LogP contribution in [0, 0.1) is 0 Å². The van der Waals surface area contributed by atoms with Gasteiger partial charge in [0.15, 0.2) is 0 Å². The lowest BCUT2D eigenvalue weighted by molar-refractivity contribution is 0.0923. The second-order valence-corrected chi connectivity index (χ2v) is 3.67. The van der Waals surface area contributed by atoms with Gasteiger partial charge in [-0.2, -0.15) is 0 Å². The van der Waals surface area contributed by atoms with E-state index in [4.69, 9.17) is 21.1 Å². The van der Waals surface area contributed by atoms with Crippen LogP contribution in [-0.2, 0) is 4.74 Å². The Bertz CT molecular complexity index is 357. The molecular formula is C12H16ClNO3. The van der Waals surface area contributed by atoms with Crippen LogP contribution in [0.1, 0.15) is 10.4 Å². The average Bonchev–Trinajstić information content (AvgIpc) is 2.38. The molecule has 0 heterocycles. The Morgan fingerprint density at radius 3 is 2.94 bits per heavy atom. The van der Waals surface area contributed by atoms with Gasteiger partial charge in [0.05, 0.1) is 20.3 Å². The van der Waals surface area contributed by atoms with Crippen molar-refractivity contribution in [2.75, 3.05) is 32.7 Å². The number of benzene rings is 1. The molecule has 1 N–H and O–H groups in total. The van der Waals surface area contributed by atoms with Gasteiger partial charge in [0.25, 0.3) is 5.91 Å². The Labute approximate surface area is 106 Å². The highest BCUT2D eigenvalue weighted by molar-refractivity contribution is 6.17. The van der Waals surface area contributed by atoms with E-state index in [1.807, 2.05) is 0 Å². The number of methoxy groups -OCH3 is 1. The lowest BCUT2D eigenvalue weighted by Gasteiger charge is -2.06. The molecule has 0 aliphatic heterocycles. The van der Waals surface area contributed by atoms with Gasteiger partial charge in [-0.25, -0.2) is 0 Å². The lowest BCUT2D eigenvalue weighted by Crippen LogP contribution is -2.27. The maximum Gasteiger partial charge on any atom is 0.251 e. The standard InChI is InChI=1S/C12H16ClNO3/c1-16-11-4-2-3-10(9-11)12(15)14-6-8-17-7-5-13/h2-4,9H,5-8H2,1H3,(H,14,15). The van der Waals surface area contributed by atoms with E-state index in [-0.39, 0.29) is 5.91 Å². The van der Waals surface area contributed by atoms with E-state index in [1.165, 1.54) is 0 Å². The minimum Gasteiger partial charge on any atom is -0.497 e. The molecule has 0 aliphatic rings. The summed E-state index contributed by atoms with van der Waals surface area (Å²) >= 11 is 5.45. The first-order valence-electron chi connectivity index (χ1n) is 5.34. The minimum absolute atomic E-state index is 0.140. The highest BCUT2D eigenvalue weighted by atomic mass is 35.5. The largest absolute Gasteiger partial charge is 0.497 e. The molecule has 0 aromatic heterocycles. The zero-order chi connectivity index (χ0) is 12.5. The van der Waals surface area contributed by atoms with Gasteiger partial charge in [-0.05, 0) is 18.2 Å². The van der Waals surface area contributed by atoms with E-state index in [9.17, 15) is 4.79 Å². The molecule has 0 saturated heterocycles. The fraction of sp³-hybridized carbons (Fsp3) is 0.417. The Kier molecular flexibility index (Phi) is 6.43. The van der Waals surface area contributed by atoms with Gasteiger partial charge in [0.1, 0.15) is 5.75 Å². The van der Waals surface area contributed by atoms with Crippen molar-refractivity contribution in [1.29, 1.82) is 0 Å². The number of halogens is 1. The van der Waals surface area contributed by atoms with Crippen LogP contribution in [-0.4, -0.2) is 38.7 Å². The predicted octanol–water partition coefficient (Wildman–Crippen LogP) is 1.68. The van der Waals surface area contributed by atoms with E-state index in [1.54, 1.807) is 31.4 Å². The molecule has 94 valence electrons. The van der Waals surface area contributed by atoms with E-state index < -0.39 is 0 Å². The molecule has 1 rings (SSSR count). The van der Waals surface area contributed by atoms with Crippen LogP contribution < -0.4 is 10.1 Å². The number of rotatable bonds is 7. The molecule has 1 aromatic rings. The Hall–Kier alpha value is -1.26. The Morgan fingerprint density at radius 1 is 1.41 bits per heavy atom. The molecule has 0 fully saturated rings. The zero-order valence-electron chi connectivity index (χ0n) is 9.74. The summed E-state index contributed by atoms with van der Waals surface area (Å²) in [6.45, 7) is 1.42. The molecule has 1 amide bonds. The maximum absolute atomic E-state index is 11.7. The number of hydrogen-bond donors (Lipinski definition) is 1. The summed E-state index contributed by atoms with van der Waals surface area (Å²) in [4.78, 5) is 11.7. The van der Waals surface area contributed by atoms with Gasteiger partial charge in [-0.1, -0.05) is 6.07 Å². The van der Waals surface area contributed by atoms with Gasteiger partial charge < -0.3 is 14.8 Å². The molecule has 0 radical (unpaired) electrons. The normalized spacial score (nSPS) is 10.0. The summed E-state index contributed by atoms with van der Waals surface area (Å²) < 4.78 is 10.2. The van der Waals surface area contributed by atoms with Crippen LogP contribution in [0.25, 0.3) is 0 Å². The summed E-state index contributed by atoms with van der Waals surface area (Å²) in [6, 6.07) is 6.99. The smallest absolute Gasteiger partial charge is 0.251 e. The molecular weight excluding hydrogens is 242 g/mol. The summed E-state index contributed by atoms with van der Waals surface area (Å²) in [5, 5.41) is 2.75. The molecule has 1 aromatic carbocycles. The van der Waals surface area contributed by atoms with Crippen molar-refractivity contribution in [2.24, 2.45) is 0 Å². The van der Waals surface area contributed by atoms with Crippen molar-refractivity contribution >= 4 is 17.5 Å². The molecule has 0 spiro atoms. The van der Waals surface area contributed by atoms with Crippen molar-refractivity contribution in [1.82, 2.24) is 5.32 Å². The number of nitrogens with one attached hydrogen (secondary N) is 1. The fourth-order valence-corrected chi connectivity index (χ4v) is 1.37. The fourth-order valence-electron chi connectivity index (χ4n) is 1.26. The summed E-state index contributed by atoms with van der Waals surface area (Å²) in [6.07, 6.45) is 0. The van der Waals surface area contributed by atoms with Crippen molar-refractivity contribution in [3.8, 4) is 5.75 Å². The van der Waals surface area contributed by atoms with Gasteiger partial charge in [-0.3, -0.25) is 4.79 Å². The summed E-state index contributed by atoms with van der Waals surface area (Å²) in [5.74, 6) is 0.985. The topological polar surface area (TPSA) is 47.6 Å². The van der Waals surface area contributed by atoms with Gasteiger partial charge in [0, 0.05) is 18.0 Å². The highest BCUT2D eigenvalue weighted by Crippen LogP contribution is 2.12. The molecule has 4 nitrogen and oxygen atoms in total. The SMILES string of the molecule is COc1cccc(C(=O)NCCOCCCl)c1. The minimum atomic E-state index is -0.140. The van der Waals surface area contributed by atoms with Crippen molar-refractivity contribution in [3.63, 3.8) is 0 Å². The summed E-state index contributed by atoms with van der Waals surface area (Å²) in [5.41, 5.74) is 0.571. The van der Waals surface area contributed by atoms with E-state index in [0.29, 0.717) is 37.0 Å². The average molecular weight is 258 g/mol. The van der Waals surface area contributed by atoms with Crippen LogP contribution in [0.4, 0.5) is 0 Å². The van der Waals surface area contributed by atoms with Crippen LogP contribution in [0.3, 0.4) is 0 Å². The van der Waals surface area contributed by atoms with Crippen LogP contribution in [0.2, 0.25) is 0 Å².